The van der Waals surface area contributed by atoms with Crippen molar-refractivity contribution in [3.63, 3.8) is 0 Å². The first-order valence-corrected chi connectivity index (χ1v) is 8.62. The Labute approximate surface area is 140 Å². The predicted octanol–water partition coefficient (Wildman–Crippen LogP) is 2.22. The van der Waals surface area contributed by atoms with Gasteiger partial charge in [-0.05, 0) is 37.6 Å². The third kappa shape index (κ3) is 5.95. The van der Waals surface area contributed by atoms with E-state index in [-0.39, 0.29) is 0 Å². The van der Waals surface area contributed by atoms with E-state index in [4.69, 9.17) is 0 Å². The lowest BCUT2D eigenvalue weighted by molar-refractivity contribution is -0.136. The molecule has 0 fully saturated rings. The average Bonchev–Trinajstić information content (AvgIpc) is 2.94. The van der Waals surface area contributed by atoms with E-state index in [2.05, 4.69) is 20.8 Å². The minimum absolute atomic E-state index is 0.369. The number of hydrogen-bond donors (Lipinski definition) is 2. The molecule has 0 spiro atoms. The topological polar surface area (TPSA) is 84.0 Å². The van der Waals surface area contributed by atoms with Crippen LogP contribution in [-0.2, 0) is 9.59 Å². The lowest BCUT2D eigenvalue weighted by atomic mass is 10.3. The van der Waals surface area contributed by atoms with Gasteiger partial charge < -0.3 is 10.6 Å². The molecule has 1 aromatic heterocycles. The molecule has 0 saturated carbocycles. The van der Waals surface area contributed by atoms with Crippen LogP contribution in [0.25, 0.3) is 0 Å². The molecule has 2 aromatic rings. The number of aryl methyl sites for hydroxylation is 1. The highest BCUT2D eigenvalue weighted by molar-refractivity contribution is 8.01. The van der Waals surface area contributed by atoms with E-state index in [1.54, 1.807) is 11.8 Å². The molecule has 122 valence electrons. The Morgan fingerprint density at radius 3 is 2.61 bits per heavy atom. The van der Waals surface area contributed by atoms with Crippen molar-refractivity contribution in [3.05, 3.63) is 35.1 Å². The summed E-state index contributed by atoms with van der Waals surface area (Å²) in [4.78, 5) is 23.3. The van der Waals surface area contributed by atoms with Gasteiger partial charge in [0.05, 0.1) is 0 Å². The van der Waals surface area contributed by atoms with Gasteiger partial charge in [0.25, 0.3) is 0 Å². The van der Waals surface area contributed by atoms with Crippen molar-refractivity contribution in [1.82, 2.24) is 15.5 Å². The van der Waals surface area contributed by atoms with Crippen molar-refractivity contribution in [3.8, 4) is 0 Å². The standard InChI is InChI=1S/C14H15FN4O2S2/c1-9-18-19-14(23-9)22-8-2-7-16-12(20)13(21)17-11-5-3-10(15)4-6-11/h3-6H,2,7-8H2,1H3,(H,16,20)(H,17,21). The second-order valence-corrected chi connectivity index (χ2v) is 7.03. The van der Waals surface area contributed by atoms with Crippen molar-refractivity contribution in [1.29, 1.82) is 0 Å². The van der Waals surface area contributed by atoms with E-state index in [0.717, 1.165) is 15.1 Å². The SMILES string of the molecule is Cc1nnc(SCCCNC(=O)C(=O)Nc2ccc(F)cc2)s1. The maximum Gasteiger partial charge on any atom is 0.313 e. The Morgan fingerprint density at radius 1 is 1.22 bits per heavy atom. The van der Waals surface area contributed by atoms with E-state index < -0.39 is 17.6 Å². The average molecular weight is 354 g/mol. The predicted molar refractivity (Wildman–Crippen MR) is 88.0 cm³/mol. The molecule has 1 heterocycles. The number of nitrogens with zero attached hydrogens (tertiary/aromatic N) is 2. The summed E-state index contributed by atoms with van der Waals surface area (Å²) in [6, 6.07) is 5.20. The molecule has 0 saturated heterocycles. The summed E-state index contributed by atoms with van der Waals surface area (Å²) in [7, 11) is 0. The van der Waals surface area contributed by atoms with Crippen LogP contribution in [0.3, 0.4) is 0 Å². The fraction of sp³-hybridized carbons (Fsp3) is 0.286. The van der Waals surface area contributed by atoms with E-state index in [0.29, 0.717) is 18.7 Å². The van der Waals surface area contributed by atoms with Crippen molar-refractivity contribution >= 4 is 40.6 Å². The molecule has 23 heavy (non-hydrogen) atoms. The first kappa shape index (κ1) is 17.4. The van der Waals surface area contributed by atoms with Gasteiger partial charge in [0.2, 0.25) is 0 Å². The zero-order chi connectivity index (χ0) is 16.7. The normalized spacial score (nSPS) is 10.3. The maximum atomic E-state index is 12.7. The van der Waals surface area contributed by atoms with Gasteiger partial charge in [-0.25, -0.2) is 4.39 Å². The van der Waals surface area contributed by atoms with Gasteiger partial charge in [0.1, 0.15) is 10.8 Å². The smallest absolute Gasteiger partial charge is 0.313 e. The second-order valence-electron chi connectivity index (χ2n) is 4.51. The first-order valence-electron chi connectivity index (χ1n) is 6.82. The van der Waals surface area contributed by atoms with E-state index in [1.165, 1.54) is 35.6 Å². The van der Waals surface area contributed by atoms with E-state index in [9.17, 15) is 14.0 Å². The number of carbonyl (C=O) groups is 2. The molecule has 0 bridgehead atoms. The molecule has 2 amide bonds. The molecule has 1 aromatic carbocycles. The van der Waals surface area contributed by atoms with Gasteiger partial charge in [-0.2, -0.15) is 0 Å². The highest BCUT2D eigenvalue weighted by Crippen LogP contribution is 2.21. The van der Waals surface area contributed by atoms with E-state index in [1.807, 2.05) is 6.92 Å². The van der Waals surface area contributed by atoms with Gasteiger partial charge >= 0.3 is 11.8 Å². The number of halogens is 1. The number of hydrogen-bond acceptors (Lipinski definition) is 6. The zero-order valence-electron chi connectivity index (χ0n) is 12.3. The van der Waals surface area contributed by atoms with Gasteiger partial charge in [-0.15, -0.1) is 10.2 Å². The quantitative estimate of drug-likeness (QED) is 0.472. The van der Waals surface area contributed by atoms with Gasteiger partial charge in [0.15, 0.2) is 4.34 Å². The molecule has 2 N–H and O–H groups in total. The summed E-state index contributed by atoms with van der Waals surface area (Å²) in [5.41, 5.74) is 0.369. The molecule has 6 nitrogen and oxygen atoms in total. The number of benzene rings is 1. The second kappa shape index (κ2) is 8.59. The van der Waals surface area contributed by atoms with Crippen LogP contribution in [0.5, 0.6) is 0 Å². The van der Waals surface area contributed by atoms with Crippen LogP contribution in [-0.4, -0.2) is 34.3 Å². The fourth-order valence-corrected chi connectivity index (χ4v) is 3.40. The van der Waals surface area contributed by atoms with Crippen LogP contribution in [0.1, 0.15) is 11.4 Å². The van der Waals surface area contributed by atoms with Gasteiger partial charge in [-0.3, -0.25) is 9.59 Å². The summed E-state index contributed by atoms with van der Waals surface area (Å²) in [5, 5.41) is 13.7. The summed E-state index contributed by atoms with van der Waals surface area (Å²) in [6.45, 7) is 2.28. The lowest BCUT2D eigenvalue weighted by Gasteiger charge is -2.06. The number of anilines is 1. The third-order valence-electron chi connectivity index (χ3n) is 2.65. The van der Waals surface area contributed by atoms with E-state index >= 15 is 0 Å². The van der Waals surface area contributed by atoms with Crippen LogP contribution in [0, 0.1) is 12.7 Å². The highest BCUT2D eigenvalue weighted by atomic mass is 32.2. The molecule has 0 aliphatic carbocycles. The van der Waals surface area contributed by atoms with Crippen molar-refractivity contribution < 1.29 is 14.0 Å². The lowest BCUT2D eigenvalue weighted by Crippen LogP contribution is -2.36. The molecule has 0 atom stereocenters. The molecule has 0 radical (unpaired) electrons. The van der Waals surface area contributed by atoms with Crippen molar-refractivity contribution in [2.75, 3.05) is 17.6 Å². The number of thioether (sulfide) groups is 1. The Hall–Kier alpha value is -2.00. The number of amides is 2. The first-order chi connectivity index (χ1) is 11.0. The van der Waals surface area contributed by atoms with Crippen LogP contribution in [0.2, 0.25) is 0 Å². The number of rotatable bonds is 6. The van der Waals surface area contributed by atoms with Crippen molar-refractivity contribution in [2.45, 2.75) is 17.7 Å². The minimum atomic E-state index is -0.774. The molecular weight excluding hydrogens is 339 g/mol. The van der Waals surface area contributed by atoms with Crippen molar-refractivity contribution in [2.24, 2.45) is 0 Å². The maximum absolute atomic E-state index is 12.7. The summed E-state index contributed by atoms with van der Waals surface area (Å²) >= 11 is 3.08. The highest BCUT2D eigenvalue weighted by Gasteiger charge is 2.13. The number of aromatic nitrogens is 2. The fourth-order valence-electron chi connectivity index (χ4n) is 1.57. The van der Waals surface area contributed by atoms with Gasteiger partial charge in [0, 0.05) is 18.0 Å². The molecular formula is C14H15FN4O2S2. The van der Waals surface area contributed by atoms with Crippen LogP contribution >= 0.6 is 23.1 Å². The van der Waals surface area contributed by atoms with Crippen LogP contribution in [0.15, 0.2) is 28.6 Å². The molecule has 9 heteroatoms. The molecule has 2 rings (SSSR count). The Kier molecular flexibility index (Phi) is 6.48. The number of carbonyl (C=O) groups excluding carboxylic acids is 2. The summed E-state index contributed by atoms with van der Waals surface area (Å²) in [6.07, 6.45) is 0.707. The van der Waals surface area contributed by atoms with Crippen LogP contribution < -0.4 is 10.6 Å². The molecule has 0 aliphatic heterocycles. The number of nitrogens with one attached hydrogen (secondary N) is 2. The Morgan fingerprint density at radius 2 is 1.96 bits per heavy atom. The Balaban J connectivity index is 1.64. The largest absolute Gasteiger partial charge is 0.348 e. The third-order valence-corrected chi connectivity index (χ3v) is 4.71. The monoisotopic (exact) mass is 354 g/mol. The van der Waals surface area contributed by atoms with Gasteiger partial charge in [-0.1, -0.05) is 23.1 Å². The molecule has 0 unspecified atom stereocenters. The molecule has 0 aliphatic rings. The summed E-state index contributed by atoms with van der Waals surface area (Å²) < 4.78 is 13.6. The summed E-state index contributed by atoms with van der Waals surface area (Å²) in [5.74, 6) is -1.13. The minimum Gasteiger partial charge on any atom is -0.348 e. The Bertz CT molecular complexity index is 676. The zero-order valence-corrected chi connectivity index (χ0v) is 14.0. The van der Waals surface area contributed by atoms with Crippen LogP contribution in [0.4, 0.5) is 10.1 Å².